The van der Waals surface area contributed by atoms with Gasteiger partial charge in [0.15, 0.2) is 5.69 Å². The zero-order chi connectivity index (χ0) is 11.6. The fraction of sp³-hybridized carbons (Fsp3) is 0.600. The lowest BCUT2D eigenvalue weighted by Gasteiger charge is -2.34. The van der Waals surface area contributed by atoms with E-state index in [0.29, 0.717) is 11.6 Å². The van der Waals surface area contributed by atoms with Crippen molar-refractivity contribution >= 4 is 22.3 Å². The Kier molecular flexibility index (Phi) is 3.11. The molecule has 1 aromatic rings. The molecule has 2 heterocycles. The maximum atomic E-state index is 10.9. The molecule has 1 aromatic heterocycles. The van der Waals surface area contributed by atoms with Crippen molar-refractivity contribution < 1.29 is 14.6 Å². The lowest BCUT2D eigenvalue weighted by Crippen LogP contribution is -2.43. The van der Waals surface area contributed by atoms with Crippen molar-refractivity contribution in [1.82, 2.24) is 4.98 Å². The van der Waals surface area contributed by atoms with Gasteiger partial charge in [-0.25, -0.2) is 9.78 Å². The molecular weight excluding hydrogens is 228 g/mol. The van der Waals surface area contributed by atoms with Gasteiger partial charge in [-0.3, -0.25) is 0 Å². The average molecular weight is 242 g/mol. The van der Waals surface area contributed by atoms with Gasteiger partial charge in [0.2, 0.25) is 0 Å². The van der Waals surface area contributed by atoms with Gasteiger partial charge in [0.1, 0.15) is 5.00 Å². The molecule has 0 spiro atoms. The zero-order valence-corrected chi connectivity index (χ0v) is 9.84. The number of nitrogens with zero attached hydrogens (tertiary/aromatic N) is 1. The summed E-state index contributed by atoms with van der Waals surface area (Å²) in [7, 11) is 0. The fourth-order valence-electron chi connectivity index (χ4n) is 1.79. The Labute approximate surface area is 97.5 Å². The highest BCUT2D eigenvalue weighted by Gasteiger charge is 2.29. The van der Waals surface area contributed by atoms with Crippen LogP contribution in [0.3, 0.4) is 0 Å². The van der Waals surface area contributed by atoms with E-state index in [1.165, 1.54) is 11.3 Å². The first-order chi connectivity index (χ1) is 7.61. The Hall–Kier alpha value is -1.14. The van der Waals surface area contributed by atoms with E-state index in [0.717, 1.165) is 19.4 Å². The van der Waals surface area contributed by atoms with Crippen LogP contribution in [0.2, 0.25) is 0 Å². The molecule has 1 unspecified atom stereocenters. The van der Waals surface area contributed by atoms with Crippen LogP contribution >= 0.6 is 11.3 Å². The van der Waals surface area contributed by atoms with E-state index in [9.17, 15) is 4.79 Å². The number of ether oxygens (including phenoxy) is 1. The Balaban J connectivity index is 2.13. The van der Waals surface area contributed by atoms with Gasteiger partial charge in [0.05, 0.1) is 17.7 Å². The minimum atomic E-state index is -0.996. The third-order valence-corrected chi connectivity index (χ3v) is 3.37. The summed E-state index contributed by atoms with van der Waals surface area (Å²) < 4.78 is 5.41. The van der Waals surface area contributed by atoms with Crippen LogP contribution in [0, 0.1) is 0 Å². The number of carbonyl (C=O) groups is 1. The van der Waals surface area contributed by atoms with Crippen LogP contribution in [-0.4, -0.2) is 34.8 Å². The normalized spacial score (nSPS) is 25.3. The molecule has 0 bridgehead atoms. The Bertz CT molecular complexity index is 385. The summed E-state index contributed by atoms with van der Waals surface area (Å²) in [6, 6.07) is 0. The fourth-order valence-corrected chi connectivity index (χ4v) is 2.61. The summed E-state index contributed by atoms with van der Waals surface area (Å²) in [5, 5.41) is 12.8. The minimum Gasteiger partial charge on any atom is -0.476 e. The van der Waals surface area contributed by atoms with E-state index < -0.39 is 5.97 Å². The van der Waals surface area contributed by atoms with Crippen LogP contribution in [-0.2, 0) is 4.74 Å². The molecule has 88 valence electrons. The lowest BCUT2D eigenvalue weighted by molar-refractivity contribution is 0.0539. The van der Waals surface area contributed by atoms with E-state index in [4.69, 9.17) is 9.84 Å². The van der Waals surface area contributed by atoms with Crippen molar-refractivity contribution in [2.24, 2.45) is 0 Å². The van der Waals surface area contributed by atoms with E-state index in [1.54, 1.807) is 5.51 Å². The van der Waals surface area contributed by atoms with Gasteiger partial charge in [-0.05, 0) is 19.8 Å². The van der Waals surface area contributed by atoms with Crippen molar-refractivity contribution in [3.05, 3.63) is 11.2 Å². The number of carboxylic acids is 1. The maximum absolute atomic E-state index is 10.9. The first kappa shape index (κ1) is 11.3. The zero-order valence-electron chi connectivity index (χ0n) is 9.02. The number of anilines is 1. The van der Waals surface area contributed by atoms with Crippen molar-refractivity contribution in [2.45, 2.75) is 25.3 Å². The molecule has 6 heteroatoms. The molecule has 0 aliphatic carbocycles. The molecule has 0 amide bonds. The topological polar surface area (TPSA) is 71.5 Å². The smallest absolute Gasteiger partial charge is 0.357 e. The van der Waals surface area contributed by atoms with Crippen molar-refractivity contribution in [1.29, 1.82) is 0 Å². The van der Waals surface area contributed by atoms with Crippen molar-refractivity contribution in [2.75, 3.05) is 18.5 Å². The van der Waals surface area contributed by atoms with Crippen LogP contribution in [0.15, 0.2) is 5.51 Å². The molecule has 5 nitrogen and oxygen atoms in total. The second kappa shape index (κ2) is 4.39. The van der Waals surface area contributed by atoms with Crippen LogP contribution in [0.4, 0.5) is 5.00 Å². The Morgan fingerprint density at radius 2 is 2.56 bits per heavy atom. The predicted octanol–water partition coefficient (Wildman–Crippen LogP) is 1.82. The molecule has 1 aliphatic rings. The van der Waals surface area contributed by atoms with Gasteiger partial charge in [0.25, 0.3) is 0 Å². The monoisotopic (exact) mass is 242 g/mol. The Morgan fingerprint density at radius 1 is 1.75 bits per heavy atom. The molecule has 1 fully saturated rings. The summed E-state index contributed by atoms with van der Waals surface area (Å²) in [5.41, 5.74) is 1.45. The van der Waals surface area contributed by atoms with Gasteiger partial charge in [0, 0.05) is 6.61 Å². The average Bonchev–Trinajstić information content (AvgIpc) is 2.66. The number of hydrogen-bond acceptors (Lipinski definition) is 5. The highest BCUT2D eigenvalue weighted by molar-refractivity contribution is 7.14. The van der Waals surface area contributed by atoms with E-state index in [1.807, 2.05) is 6.92 Å². The summed E-state index contributed by atoms with van der Waals surface area (Å²) in [4.78, 5) is 14.7. The quantitative estimate of drug-likeness (QED) is 0.846. The largest absolute Gasteiger partial charge is 0.476 e. The third kappa shape index (κ3) is 2.33. The summed E-state index contributed by atoms with van der Waals surface area (Å²) in [5.74, 6) is -0.996. The molecule has 1 atom stereocenters. The third-order valence-electron chi connectivity index (χ3n) is 2.62. The molecule has 2 rings (SSSR count). The first-order valence-corrected chi connectivity index (χ1v) is 6.01. The molecule has 0 radical (unpaired) electrons. The number of hydrogen-bond donors (Lipinski definition) is 2. The van der Waals surface area contributed by atoms with E-state index in [2.05, 4.69) is 10.3 Å². The molecular formula is C10H14N2O3S. The summed E-state index contributed by atoms with van der Waals surface area (Å²) >= 11 is 1.31. The van der Waals surface area contributed by atoms with Crippen molar-refractivity contribution in [3.63, 3.8) is 0 Å². The second-order valence-electron chi connectivity index (χ2n) is 4.18. The van der Waals surface area contributed by atoms with E-state index in [-0.39, 0.29) is 11.2 Å². The Morgan fingerprint density at radius 3 is 3.19 bits per heavy atom. The van der Waals surface area contributed by atoms with E-state index >= 15 is 0 Å². The minimum absolute atomic E-state index is 0.0943. The highest BCUT2D eigenvalue weighted by Crippen LogP contribution is 2.28. The second-order valence-corrected chi connectivity index (χ2v) is 5.03. The number of aromatic carboxylic acids is 1. The number of carboxylic acid groups (broad SMARTS) is 1. The van der Waals surface area contributed by atoms with Gasteiger partial charge < -0.3 is 15.2 Å². The molecule has 16 heavy (non-hydrogen) atoms. The van der Waals surface area contributed by atoms with Gasteiger partial charge in [-0.2, -0.15) is 0 Å². The number of rotatable bonds is 3. The summed E-state index contributed by atoms with van der Waals surface area (Å²) in [6.45, 7) is 3.42. The maximum Gasteiger partial charge on any atom is 0.357 e. The number of thiazole rings is 1. The van der Waals surface area contributed by atoms with Crippen LogP contribution in [0.1, 0.15) is 30.3 Å². The number of nitrogens with one attached hydrogen (secondary N) is 1. The van der Waals surface area contributed by atoms with Gasteiger partial charge >= 0.3 is 5.97 Å². The predicted molar refractivity (Wildman–Crippen MR) is 61.2 cm³/mol. The van der Waals surface area contributed by atoms with Gasteiger partial charge in [-0.15, -0.1) is 11.3 Å². The summed E-state index contributed by atoms with van der Waals surface area (Å²) in [6.07, 6.45) is 1.97. The first-order valence-electron chi connectivity index (χ1n) is 5.13. The van der Waals surface area contributed by atoms with Crippen LogP contribution in [0.25, 0.3) is 0 Å². The standard InChI is InChI=1S/C10H14N2O3S/c1-10(3-2-4-15-5-10)12-8-7(9(13)14)11-6-16-8/h6,12H,2-5H2,1H3,(H,13,14). The van der Waals surface area contributed by atoms with Crippen LogP contribution < -0.4 is 5.32 Å². The molecule has 2 N–H and O–H groups in total. The van der Waals surface area contributed by atoms with Crippen molar-refractivity contribution in [3.8, 4) is 0 Å². The SMILES string of the molecule is CC1(Nc2scnc2C(=O)O)CCCOC1. The molecule has 0 saturated carbocycles. The molecule has 1 aliphatic heterocycles. The van der Waals surface area contributed by atoms with Gasteiger partial charge in [-0.1, -0.05) is 0 Å². The molecule has 1 saturated heterocycles. The lowest BCUT2D eigenvalue weighted by atomic mass is 9.95. The number of aromatic nitrogens is 1. The molecule has 0 aromatic carbocycles. The highest BCUT2D eigenvalue weighted by atomic mass is 32.1. The van der Waals surface area contributed by atoms with Crippen LogP contribution in [0.5, 0.6) is 0 Å².